The van der Waals surface area contributed by atoms with Crippen LogP contribution in [-0.4, -0.2) is 31.5 Å². The number of anilines is 2. The van der Waals surface area contributed by atoms with Crippen LogP contribution in [0, 0.1) is 0 Å². The SMILES string of the molecule is CCNC(=O)c1cccc(NC(=O)CNc2ccc(OCC)cc2)c1. The third-order valence-electron chi connectivity index (χ3n) is 3.36. The number of carbonyl (C=O) groups excluding carboxylic acids is 2. The molecule has 0 spiro atoms. The van der Waals surface area contributed by atoms with Gasteiger partial charge in [-0.3, -0.25) is 9.59 Å². The summed E-state index contributed by atoms with van der Waals surface area (Å²) in [5.74, 6) is 0.438. The second kappa shape index (κ2) is 9.32. The maximum absolute atomic E-state index is 12.1. The number of benzene rings is 2. The molecule has 0 aliphatic heterocycles. The molecule has 0 saturated carbocycles. The lowest BCUT2D eigenvalue weighted by molar-refractivity contribution is -0.114. The Morgan fingerprint density at radius 3 is 2.44 bits per heavy atom. The number of nitrogens with one attached hydrogen (secondary N) is 3. The van der Waals surface area contributed by atoms with Gasteiger partial charge in [0.1, 0.15) is 5.75 Å². The average Bonchev–Trinajstić information content (AvgIpc) is 2.62. The Labute approximate surface area is 147 Å². The fraction of sp³-hybridized carbons (Fsp3) is 0.263. The van der Waals surface area contributed by atoms with Crippen LogP contribution < -0.4 is 20.7 Å². The van der Waals surface area contributed by atoms with Crippen molar-refractivity contribution < 1.29 is 14.3 Å². The quantitative estimate of drug-likeness (QED) is 0.690. The summed E-state index contributed by atoms with van der Waals surface area (Å²) >= 11 is 0. The van der Waals surface area contributed by atoms with Crippen molar-refractivity contribution in [1.29, 1.82) is 0 Å². The second-order valence-electron chi connectivity index (χ2n) is 5.30. The molecular formula is C19H23N3O3. The molecule has 25 heavy (non-hydrogen) atoms. The number of carbonyl (C=O) groups is 2. The molecule has 2 amide bonds. The Bertz CT molecular complexity index is 714. The third kappa shape index (κ3) is 5.84. The van der Waals surface area contributed by atoms with Crippen molar-refractivity contribution in [1.82, 2.24) is 5.32 Å². The normalized spacial score (nSPS) is 10.0. The van der Waals surface area contributed by atoms with E-state index < -0.39 is 0 Å². The predicted octanol–water partition coefficient (Wildman–Crippen LogP) is 2.89. The molecule has 132 valence electrons. The van der Waals surface area contributed by atoms with Gasteiger partial charge in [0.25, 0.3) is 5.91 Å². The van der Waals surface area contributed by atoms with Crippen LogP contribution >= 0.6 is 0 Å². The van der Waals surface area contributed by atoms with Gasteiger partial charge in [0.2, 0.25) is 5.91 Å². The van der Waals surface area contributed by atoms with Crippen LogP contribution in [0.1, 0.15) is 24.2 Å². The number of hydrogen-bond acceptors (Lipinski definition) is 4. The van der Waals surface area contributed by atoms with Gasteiger partial charge in [-0.25, -0.2) is 0 Å². The number of ether oxygens (including phenoxy) is 1. The lowest BCUT2D eigenvalue weighted by atomic mass is 10.2. The van der Waals surface area contributed by atoms with E-state index in [-0.39, 0.29) is 18.4 Å². The summed E-state index contributed by atoms with van der Waals surface area (Å²) in [4.78, 5) is 23.9. The van der Waals surface area contributed by atoms with Gasteiger partial charge in [-0.1, -0.05) is 6.07 Å². The molecule has 2 aromatic carbocycles. The molecule has 0 unspecified atom stereocenters. The zero-order chi connectivity index (χ0) is 18.1. The van der Waals surface area contributed by atoms with Crippen molar-refractivity contribution in [2.75, 3.05) is 30.3 Å². The molecule has 3 N–H and O–H groups in total. The summed E-state index contributed by atoms with van der Waals surface area (Å²) in [7, 11) is 0. The van der Waals surface area contributed by atoms with Crippen molar-refractivity contribution >= 4 is 23.2 Å². The molecular weight excluding hydrogens is 318 g/mol. The van der Waals surface area contributed by atoms with Crippen LogP contribution in [0.5, 0.6) is 5.75 Å². The minimum absolute atomic E-state index is 0.124. The van der Waals surface area contributed by atoms with Crippen molar-refractivity contribution in [3.8, 4) is 5.75 Å². The Kier molecular flexibility index (Phi) is 6.83. The summed E-state index contributed by atoms with van der Waals surface area (Å²) in [5, 5.41) is 8.55. The minimum Gasteiger partial charge on any atom is -0.494 e. The zero-order valence-electron chi connectivity index (χ0n) is 14.5. The monoisotopic (exact) mass is 341 g/mol. The summed E-state index contributed by atoms with van der Waals surface area (Å²) in [5.41, 5.74) is 1.93. The summed E-state index contributed by atoms with van der Waals surface area (Å²) in [6, 6.07) is 14.2. The fourth-order valence-corrected chi connectivity index (χ4v) is 2.22. The molecule has 0 fully saturated rings. The molecule has 0 bridgehead atoms. The van der Waals surface area contributed by atoms with Crippen molar-refractivity contribution in [2.24, 2.45) is 0 Å². The van der Waals surface area contributed by atoms with Gasteiger partial charge in [0, 0.05) is 23.5 Å². The first-order chi connectivity index (χ1) is 12.1. The first-order valence-corrected chi connectivity index (χ1v) is 8.27. The standard InChI is InChI=1S/C19H23N3O3/c1-3-20-19(24)14-6-5-7-16(12-14)22-18(23)13-21-15-8-10-17(11-9-15)25-4-2/h5-12,21H,3-4,13H2,1-2H3,(H,20,24)(H,22,23). The summed E-state index contributed by atoms with van der Waals surface area (Å²) < 4.78 is 5.37. The molecule has 6 nitrogen and oxygen atoms in total. The van der Waals surface area contributed by atoms with Gasteiger partial charge in [-0.2, -0.15) is 0 Å². The van der Waals surface area contributed by atoms with Gasteiger partial charge >= 0.3 is 0 Å². The predicted molar refractivity (Wildman–Crippen MR) is 99.2 cm³/mol. The highest BCUT2D eigenvalue weighted by Crippen LogP contribution is 2.15. The van der Waals surface area contributed by atoms with E-state index in [1.807, 2.05) is 38.1 Å². The lowest BCUT2D eigenvalue weighted by Crippen LogP contribution is -2.24. The molecule has 0 atom stereocenters. The van der Waals surface area contributed by atoms with Gasteiger partial charge in [0.15, 0.2) is 0 Å². The molecule has 2 rings (SSSR count). The van der Waals surface area contributed by atoms with E-state index in [9.17, 15) is 9.59 Å². The van der Waals surface area contributed by atoms with Crippen LogP contribution in [0.25, 0.3) is 0 Å². The van der Waals surface area contributed by atoms with E-state index in [2.05, 4.69) is 16.0 Å². The summed E-state index contributed by atoms with van der Waals surface area (Å²) in [6.45, 7) is 5.08. The molecule has 0 aliphatic carbocycles. The highest BCUT2D eigenvalue weighted by Gasteiger charge is 2.07. The topological polar surface area (TPSA) is 79.5 Å². The van der Waals surface area contributed by atoms with E-state index in [0.29, 0.717) is 24.4 Å². The van der Waals surface area contributed by atoms with Crippen molar-refractivity contribution in [3.05, 3.63) is 54.1 Å². The van der Waals surface area contributed by atoms with Crippen LogP contribution in [-0.2, 0) is 4.79 Å². The smallest absolute Gasteiger partial charge is 0.251 e. The first kappa shape index (κ1) is 18.3. The van der Waals surface area contributed by atoms with Crippen molar-refractivity contribution in [3.63, 3.8) is 0 Å². The molecule has 0 aliphatic rings. The fourth-order valence-electron chi connectivity index (χ4n) is 2.22. The minimum atomic E-state index is -0.193. The maximum atomic E-state index is 12.1. The van der Waals surface area contributed by atoms with E-state index in [1.165, 1.54) is 0 Å². The third-order valence-corrected chi connectivity index (χ3v) is 3.36. The van der Waals surface area contributed by atoms with Gasteiger partial charge in [-0.15, -0.1) is 0 Å². The number of hydrogen-bond donors (Lipinski definition) is 3. The molecule has 0 radical (unpaired) electrons. The van der Waals surface area contributed by atoms with Gasteiger partial charge < -0.3 is 20.7 Å². The van der Waals surface area contributed by atoms with E-state index in [0.717, 1.165) is 11.4 Å². The highest BCUT2D eigenvalue weighted by molar-refractivity contribution is 5.98. The molecule has 0 saturated heterocycles. The van der Waals surface area contributed by atoms with Crippen LogP contribution in [0.3, 0.4) is 0 Å². The van der Waals surface area contributed by atoms with Crippen LogP contribution in [0.15, 0.2) is 48.5 Å². The Balaban J connectivity index is 1.87. The number of amides is 2. The Morgan fingerprint density at radius 1 is 1.00 bits per heavy atom. The first-order valence-electron chi connectivity index (χ1n) is 8.27. The Hall–Kier alpha value is -3.02. The van der Waals surface area contributed by atoms with Crippen molar-refractivity contribution in [2.45, 2.75) is 13.8 Å². The highest BCUT2D eigenvalue weighted by atomic mass is 16.5. The molecule has 0 heterocycles. The maximum Gasteiger partial charge on any atom is 0.251 e. The Morgan fingerprint density at radius 2 is 1.76 bits per heavy atom. The van der Waals surface area contributed by atoms with Crippen LogP contribution in [0.2, 0.25) is 0 Å². The van der Waals surface area contributed by atoms with Gasteiger partial charge in [0.05, 0.1) is 13.2 Å². The van der Waals surface area contributed by atoms with E-state index >= 15 is 0 Å². The second-order valence-corrected chi connectivity index (χ2v) is 5.30. The van der Waals surface area contributed by atoms with E-state index in [1.54, 1.807) is 24.3 Å². The average molecular weight is 341 g/mol. The number of rotatable bonds is 8. The largest absolute Gasteiger partial charge is 0.494 e. The molecule has 6 heteroatoms. The van der Waals surface area contributed by atoms with E-state index in [4.69, 9.17) is 4.74 Å². The summed E-state index contributed by atoms with van der Waals surface area (Å²) in [6.07, 6.45) is 0. The lowest BCUT2D eigenvalue weighted by Gasteiger charge is -2.10. The molecule has 0 aromatic heterocycles. The molecule has 2 aromatic rings. The zero-order valence-corrected chi connectivity index (χ0v) is 14.5. The van der Waals surface area contributed by atoms with Crippen LogP contribution in [0.4, 0.5) is 11.4 Å². The van der Waals surface area contributed by atoms with Gasteiger partial charge in [-0.05, 0) is 56.3 Å².